The van der Waals surface area contributed by atoms with E-state index in [4.69, 9.17) is 0 Å². The Labute approximate surface area is 167 Å². The Balaban J connectivity index is 1.46. The van der Waals surface area contributed by atoms with Gasteiger partial charge in [0.15, 0.2) is 5.13 Å². The lowest BCUT2D eigenvalue weighted by Gasteiger charge is -2.34. The number of unbranched alkanes of at least 4 members (excludes halogenated alkanes) is 1. The number of carbonyl (C=O) groups is 3. The number of hydrogen-bond donors (Lipinski definition) is 0. The number of thiazole rings is 1. The summed E-state index contributed by atoms with van der Waals surface area (Å²) in [5.74, 6) is -0.657. The lowest BCUT2D eigenvalue weighted by atomic mass is 10.0. The Morgan fingerprint density at radius 2 is 1.86 bits per heavy atom. The van der Waals surface area contributed by atoms with Gasteiger partial charge < -0.3 is 9.80 Å². The van der Waals surface area contributed by atoms with Crippen LogP contribution in [-0.4, -0.2) is 65.2 Å². The van der Waals surface area contributed by atoms with Crippen LogP contribution in [0, 0.1) is 0 Å². The topological polar surface area (TPSA) is 73.8 Å². The molecule has 3 amide bonds. The fraction of sp³-hybridized carbons (Fsp3) is 0.400. The molecule has 0 unspecified atom stereocenters. The van der Waals surface area contributed by atoms with Gasteiger partial charge in [0, 0.05) is 49.9 Å². The summed E-state index contributed by atoms with van der Waals surface area (Å²) >= 11 is 1.59. The molecule has 1 aromatic carbocycles. The fourth-order valence-corrected chi connectivity index (χ4v) is 4.30. The highest BCUT2D eigenvalue weighted by atomic mass is 32.1. The quantitative estimate of drug-likeness (QED) is 0.724. The molecule has 0 radical (unpaired) electrons. The molecule has 2 aromatic rings. The zero-order valence-corrected chi connectivity index (χ0v) is 16.6. The SMILES string of the molecule is CCCCN1C(=O)c2ccc(C(=O)N3CCN(c4nccs4)CC3)cc2C1=O. The number of imide groups is 1. The summed E-state index contributed by atoms with van der Waals surface area (Å²) in [6, 6.07) is 4.85. The minimum Gasteiger partial charge on any atom is -0.345 e. The second-order valence-electron chi connectivity index (χ2n) is 6.97. The van der Waals surface area contributed by atoms with Crippen molar-refractivity contribution >= 4 is 34.2 Å². The van der Waals surface area contributed by atoms with Crippen LogP contribution in [0.1, 0.15) is 50.8 Å². The van der Waals surface area contributed by atoms with Gasteiger partial charge in [-0.05, 0) is 24.6 Å². The molecule has 0 spiro atoms. The minimum atomic E-state index is -0.295. The van der Waals surface area contributed by atoms with E-state index in [0.717, 1.165) is 31.1 Å². The first kappa shape index (κ1) is 18.6. The summed E-state index contributed by atoms with van der Waals surface area (Å²) in [4.78, 5) is 47.5. The predicted molar refractivity (Wildman–Crippen MR) is 107 cm³/mol. The lowest BCUT2D eigenvalue weighted by Crippen LogP contribution is -2.48. The van der Waals surface area contributed by atoms with Gasteiger partial charge in [0.05, 0.1) is 11.1 Å². The first-order valence-electron chi connectivity index (χ1n) is 9.54. The number of aromatic nitrogens is 1. The van der Waals surface area contributed by atoms with E-state index >= 15 is 0 Å². The maximum atomic E-state index is 12.9. The molecule has 2 aliphatic rings. The van der Waals surface area contributed by atoms with E-state index in [0.29, 0.717) is 36.3 Å². The van der Waals surface area contributed by atoms with Crippen LogP contribution in [0.25, 0.3) is 0 Å². The molecule has 8 heteroatoms. The molecule has 7 nitrogen and oxygen atoms in total. The highest BCUT2D eigenvalue weighted by Crippen LogP contribution is 2.25. The van der Waals surface area contributed by atoms with Crippen molar-refractivity contribution in [1.29, 1.82) is 0 Å². The third kappa shape index (κ3) is 3.28. The number of hydrogen-bond acceptors (Lipinski definition) is 6. The van der Waals surface area contributed by atoms with Gasteiger partial charge in [0.1, 0.15) is 0 Å². The van der Waals surface area contributed by atoms with Gasteiger partial charge >= 0.3 is 0 Å². The average molecular weight is 398 g/mol. The first-order chi connectivity index (χ1) is 13.6. The summed E-state index contributed by atoms with van der Waals surface area (Å²) in [5.41, 5.74) is 1.19. The maximum absolute atomic E-state index is 12.9. The van der Waals surface area contributed by atoms with Gasteiger partial charge in [0.25, 0.3) is 17.7 Å². The molecule has 0 atom stereocenters. The molecule has 28 heavy (non-hydrogen) atoms. The summed E-state index contributed by atoms with van der Waals surface area (Å²) < 4.78 is 0. The normalized spacial score (nSPS) is 16.7. The van der Waals surface area contributed by atoms with E-state index in [1.807, 2.05) is 12.3 Å². The van der Waals surface area contributed by atoms with Gasteiger partial charge in [-0.25, -0.2) is 4.98 Å². The van der Waals surface area contributed by atoms with Crippen molar-refractivity contribution in [2.45, 2.75) is 19.8 Å². The number of anilines is 1. The number of nitrogens with zero attached hydrogens (tertiary/aromatic N) is 4. The Morgan fingerprint density at radius 3 is 2.54 bits per heavy atom. The van der Waals surface area contributed by atoms with Crippen LogP contribution in [-0.2, 0) is 0 Å². The van der Waals surface area contributed by atoms with Crippen LogP contribution in [0.4, 0.5) is 5.13 Å². The van der Waals surface area contributed by atoms with Gasteiger partial charge in [0.2, 0.25) is 0 Å². The molecule has 0 N–H and O–H groups in total. The van der Waals surface area contributed by atoms with Crippen LogP contribution in [0.2, 0.25) is 0 Å². The number of amides is 3. The zero-order valence-electron chi connectivity index (χ0n) is 15.8. The van der Waals surface area contributed by atoms with E-state index in [2.05, 4.69) is 9.88 Å². The molecule has 4 rings (SSSR count). The van der Waals surface area contributed by atoms with Crippen molar-refractivity contribution in [3.8, 4) is 0 Å². The van der Waals surface area contributed by atoms with Crippen LogP contribution >= 0.6 is 11.3 Å². The molecule has 1 fully saturated rings. The van der Waals surface area contributed by atoms with Crippen molar-refractivity contribution in [2.24, 2.45) is 0 Å². The van der Waals surface area contributed by atoms with Gasteiger partial charge in [-0.15, -0.1) is 11.3 Å². The molecular formula is C20H22N4O3S. The van der Waals surface area contributed by atoms with E-state index in [1.54, 1.807) is 40.6 Å². The predicted octanol–water partition coefficient (Wildman–Crippen LogP) is 2.50. The van der Waals surface area contributed by atoms with Crippen molar-refractivity contribution in [2.75, 3.05) is 37.6 Å². The molecule has 2 aliphatic heterocycles. The molecule has 3 heterocycles. The lowest BCUT2D eigenvalue weighted by molar-refractivity contribution is 0.0651. The Morgan fingerprint density at radius 1 is 1.11 bits per heavy atom. The van der Waals surface area contributed by atoms with Crippen molar-refractivity contribution < 1.29 is 14.4 Å². The van der Waals surface area contributed by atoms with Crippen molar-refractivity contribution in [3.05, 3.63) is 46.5 Å². The second kappa shape index (κ2) is 7.71. The number of carbonyl (C=O) groups excluding carboxylic acids is 3. The molecule has 0 aliphatic carbocycles. The monoisotopic (exact) mass is 398 g/mol. The molecule has 1 saturated heterocycles. The third-order valence-electron chi connectivity index (χ3n) is 5.21. The van der Waals surface area contributed by atoms with Gasteiger partial charge in [-0.1, -0.05) is 13.3 Å². The zero-order chi connectivity index (χ0) is 19.7. The smallest absolute Gasteiger partial charge is 0.261 e. The van der Waals surface area contributed by atoms with Gasteiger partial charge in [-0.2, -0.15) is 0 Å². The Bertz CT molecular complexity index is 904. The van der Waals surface area contributed by atoms with Crippen molar-refractivity contribution in [3.63, 3.8) is 0 Å². The van der Waals surface area contributed by atoms with Crippen LogP contribution in [0.15, 0.2) is 29.8 Å². The van der Waals surface area contributed by atoms with E-state index in [1.165, 1.54) is 4.90 Å². The highest BCUT2D eigenvalue weighted by Gasteiger charge is 2.36. The molecule has 146 valence electrons. The fourth-order valence-electron chi connectivity index (χ4n) is 3.60. The maximum Gasteiger partial charge on any atom is 0.261 e. The Kier molecular flexibility index (Phi) is 5.13. The summed E-state index contributed by atoms with van der Waals surface area (Å²) in [6.07, 6.45) is 3.47. The average Bonchev–Trinajstić information content (AvgIpc) is 3.34. The molecule has 1 aromatic heterocycles. The number of fused-ring (bicyclic) bond motifs is 1. The second-order valence-corrected chi connectivity index (χ2v) is 7.84. The minimum absolute atomic E-state index is 0.103. The van der Waals surface area contributed by atoms with Crippen molar-refractivity contribution in [1.82, 2.24) is 14.8 Å². The van der Waals surface area contributed by atoms with Gasteiger partial charge in [-0.3, -0.25) is 19.3 Å². The summed E-state index contributed by atoms with van der Waals surface area (Å²) in [5, 5.41) is 2.92. The van der Waals surface area contributed by atoms with Crippen LogP contribution < -0.4 is 4.90 Å². The van der Waals surface area contributed by atoms with Crippen LogP contribution in [0.3, 0.4) is 0 Å². The van der Waals surface area contributed by atoms with E-state index < -0.39 is 0 Å². The highest BCUT2D eigenvalue weighted by molar-refractivity contribution is 7.13. The number of benzene rings is 1. The standard InChI is InChI=1S/C20H22N4O3S/c1-2-3-7-24-18(26)15-5-4-14(13-16(15)19(24)27)17(25)22-8-10-23(11-9-22)20-21-6-12-28-20/h4-6,12-13H,2-3,7-11H2,1H3. The molecular weight excluding hydrogens is 376 g/mol. The summed E-state index contributed by atoms with van der Waals surface area (Å²) in [6.45, 7) is 5.10. The third-order valence-corrected chi connectivity index (χ3v) is 6.04. The Hall–Kier alpha value is -2.74. The largest absolute Gasteiger partial charge is 0.345 e. The number of piperazine rings is 1. The molecule has 0 bridgehead atoms. The van der Waals surface area contributed by atoms with Crippen LogP contribution in [0.5, 0.6) is 0 Å². The van der Waals surface area contributed by atoms with E-state index in [-0.39, 0.29) is 17.7 Å². The summed E-state index contributed by atoms with van der Waals surface area (Å²) in [7, 11) is 0. The first-order valence-corrected chi connectivity index (χ1v) is 10.4. The molecule has 0 saturated carbocycles. The number of rotatable bonds is 5. The van der Waals surface area contributed by atoms with E-state index in [9.17, 15) is 14.4 Å².